The minimum Gasteiger partial charge on any atom is -0.326 e. The first-order valence-electron chi connectivity index (χ1n) is 9.11. The molecular weight excluding hydrogens is 396 g/mol. The van der Waals surface area contributed by atoms with Gasteiger partial charge in [-0.3, -0.25) is 19.6 Å². The molecule has 1 aromatic heterocycles. The Bertz CT molecular complexity index is 961. The van der Waals surface area contributed by atoms with Gasteiger partial charge < -0.3 is 16.0 Å². The van der Waals surface area contributed by atoms with Gasteiger partial charge in [-0.25, -0.2) is 4.79 Å². The van der Waals surface area contributed by atoms with Crippen molar-refractivity contribution in [2.75, 3.05) is 18.4 Å². The van der Waals surface area contributed by atoms with Crippen LogP contribution in [0.5, 0.6) is 0 Å². The number of amides is 4. The minimum absolute atomic E-state index is 0. The number of aromatic nitrogens is 2. The van der Waals surface area contributed by atoms with E-state index in [1.54, 1.807) is 42.1 Å². The van der Waals surface area contributed by atoms with Crippen LogP contribution in [0.3, 0.4) is 0 Å². The second-order valence-corrected chi connectivity index (χ2v) is 7.42. The lowest BCUT2D eigenvalue weighted by Gasteiger charge is -2.22. The molecule has 2 aliphatic rings. The van der Waals surface area contributed by atoms with Gasteiger partial charge in [-0.1, -0.05) is 12.1 Å². The second-order valence-electron chi connectivity index (χ2n) is 7.42. The highest BCUT2D eigenvalue weighted by atomic mass is 35.5. The summed E-state index contributed by atoms with van der Waals surface area (Å²) in [6.45, 7) is 2.93. The zero-order chi connectivity index (χ0) is 19.9. The molecule has 10 heteroatoms. The van der Waals surface area contributed by atoms with Crippen molar-refractivity contribution in [1.29, 1.82) is 0 Å². The van der Waals surface area contributed by atoms with Crippen molar-refractivity contribution in [3.05, 3.63) is 47.8 Å². The van der Waals surface area contributed by atoms with Gasteiger partial charge in [0.15, 0.2) is 0 Å². The van der Waals surface area contributed by atoms with Crippen LogP contribution >= 0.6 is 12.4 Å². The molecule has 9 nitrogen and oxygen atoms in total. The molecule has 3 atom stereocenters. The van der Waals surface area contributed by atoms with Crippen LogP contribution in [-0.4, -0.2) is 40.7 Å². The van der Waals surface area contributed by atoms with Gasteiger partial charge in [-0.05, 0) is 30.2 Å². The number of aryl methyl sites for hydroxylation is 1. The Hall–Kier alpha value is -2.91. The maximum atomic E-state index is 12.9. The van der Waals surface area contributed by atoms with Crippen molar-refractivity contribution in [2.45, 2.75) is 18.4 Å². The van der Waals surface area contributed by atoms with Crippen molar-refractivity contribution in [3.63, 3.8) is 0 Å². The number of carbonyl (C=O) groups excluding carboxylic acids is 3. The summed E-state index contributed by atoms with van der Waals surface area (Å²) in [5.41, 5.74) is 1.04. The fourth-order valence-electron chi connectivity index (χ4n) is 3.83. The average molecular weight is 419 g/mol. The normalized spacial score (nSPS) is 25.9. The van der Waals surface area contributed by atoms with Gasteiger partial charge in [0.1, 0.15) is 5.54 Å². The molecule has 0 spiro atoms. The van der Waals surface area contributed by atoms with Crippen molar-refractivity contribution >= 4 is 35.9 Å². The number of halogens is 1. The molecule has 29 heavy (non-hydrogen) atoms. The molecule has 2 saturated heterocycles. The Morgan fingerprint density at radius 2 is 2.10 bits per heavy atom. The summed E-state index contributed by atoms with van der Waals surface area (Å²) < 4.78 is 1.73. The van der Waals surface area contributed by atoms with E-state index in [0.29, 0.717) is 24.3 Å². The van der Waals surface area contributed by atoms with Gasteiger partial charge in [0.2, 0.25) is 5.91 Å². The summed E-state index contributed by atoms with van der Waals surface area (Å²) in [5.74, 6) is -0.689. The molecule has 0 saturated carbocycles. The largest absolute Gasteiger partial charge is 0.326 e. The van der Waals surface area contributed by atoms with Gasteiger partial charge in [0, 0.05) is 37.9 Å². The number of benzene rings is 1. The van der Waals surface area contributed by atoms with E-state index in [0.717, 1.165) is 5.56 Å². The molecule has 3 heterocycles. The number of urea groups is 1. The predicted molar refractivity (Wildman–Crippen MR) is 109 cm³/mol. The summed E-state index contributed by atoms with van der Waals surface area (Å²) in [5, 5.41) is 15.3. The standard InChI is InChI=1S/C19H22N6O3.ClH/c1-19(17(27)23-18(28)24-19)12-4-3-5-13(6-12)22-16(26)15-9-20-8-14(15)11-7-21-25(2)10-11;/h3-7,10,14-15,20H,8-9H2,1-2H3,(H,22,26)(H2,23,24,27,28);1H/t14-,15+,19?;/m1./s1. The molecule has 154 valence electrons. The molecule has 4 N–H and O–H groups in total. The number of nitrogens with one attached hydrogen (secondary N) is 4. The first kappa shape index (κ1) is 20.8. The van der Waals surface area contributed by atoms with Gasteiger partial charge in [-0.2, -0.15) is 5.10 Å². The van der Waals surface area contributed by atoms with Crippen molar-refractivity contribution in [1.82, 2.24) is 25.7 Å². The van der Waals surface area contributed by atoms with E-state index < -0.39 is 17.5 Å². The Labute approximate surface area is 174 Å². The van der Waals surface area contributed by atoms with Crippen LogP contribution in [0.15, 0.2) is 36.7 Å². The Morgan fingerprint density at radius 1 is 1.31 bits per heavy atom. The SMILES string of the molecule is Cl.Cn1cc([C@H]2CNC[C@@H]2C(=O)Nc2cccc(C3(C)NC(=O)NC3=O)c2)cn1. The highest BCUT2D eigenvalue weighted by Gasteiger charge is 2.43. The second kappa shape index (κ2) is 7.84. The average Bonchev–Trinajstić information content (AvgIpc) is 3.35. The van der Waals surface area contributed by atoms with Crippen LogP contribution in [0.2, 0.25) is 0 Å². The van der Waals surface area contributed by atoms with E-state index in [1.165, 1.54) is 0 Å². The maximum absolute atomic E-state index is 12.9. The van der Waals surface area contributed by atoms with Crippen molar-refractivity contribution < 1.29 is 14.4 Å². The predicted octanol–water partition coefficient (Wildman–Crippen LogP) is 0.838. The van der Waals surface area contributed by atoms with E-state index in [9.17, 15) is 14.4 Å². The molecule has 1 unspecified atom stereocenters. The topological polar surface area (TPSA) is 117 Å². The highest BCUT2D eigenvalue weighted by molar-refractivity contribution is 6.07. The van der Waals surface area contributed by atoms with E-state index in [2.05, 4.69) is 26.4 Å². The lowest BCUT2D eigenvalue weighted by Crippen LogP contribution is -2.40. The molecule has 0 aliphatic carbocycles. The smallest absolute Gasteiger partial charge is 0.322 e. The fraction of sp³-hybridized carbons (Fsp3) is 0.368. The molecule has 0 bridgehead atoms. The Kier molecular flexibility index (Phi) is 5.63. The van der Waals surface area contributed by atoms with E-state index in [-0.39, 0.29) is 30.2 Å². The summed E-state index contributed by atoms with van der Waals surface area (Å²) in [6.07, 6.45) is 3.72. The zero-order valence-electron chi connectivity index (χ0n) is 16.1. The number of carbonyl (C=O) groups is 3. The van der Waals surface area contributed by atoms with Crippen LogP contribution in [0, 0.1) is 5.92 Å². The molecule has 4 amide bonds. The number of anilines is 1. The summed E-state index contributed by atoms with van der Waals surface area (Å²) in [4.78, 5) is 36.6. The molecule has 1 aromatic carbocycles. The van der Waals surface area contributed by atoms with Gasteiger partial charge >= 0.3 is 6.03 Å². The summed E-state index contributed by atoms with van der Waals surface area (Å²) in [7, 11) is 1.85. The lowest BCUT2D eigenvalue weighted by molar-refractivity contribution is -0.123. The Morgan fingerprint density at radius 3 is 2.76 bits per heavy atom. The van der Waals surface area contributed by atoms with Gasteiger partial charge in [-0.15, -0.1) is 12.4 Å². The Balaban J connectivity index is 0.00000240. The van der Waals surface area contributed by atoms with Crippen molar-refractivity contribution in [3.8, 4) is 0 Å². The first-order valence-corrected chi connectivity index (χ1v) is 9.11. The lowest BCUT2D eigenvalue weighted by atomic mass is 9.89. The number of nitrogens with zero attached hydrogens (tertiary/aromatic N) is 2. The highest BCUT2D eigenvalue weighted by Crippen LogP contribution is 2.30. The molecule has 2 aromatic rings. The third-order valence-corrected chi connectivity index (χ3v) is 5.46. The third kappa shape index (κ3) is 3.83. The molecule has 0 radical (unpaired) electrons. The number of rotatable bonds is 4. The summed E-state index contributed by atoms with van der Waals surface area (Å²) >= 11 is 0. The first-order chi connectivity index (χ1) is 13.4. The summed E-state index contributed by atoms with van der Waals surface area (Å²) in [6, 6.07) is 6.44. The quantitative estimate of drug-likeness (QED) is 0.549. The zero-order valence-corrected chi connectivity index (χ0v) is 16.9. The molecule has 4 rings (SSSR count). The minimum atomic E-state index is -1.16. The van der Waals surface area contributed by atoms with Crippen LogP contribution in [-0.2, 0) is 22.2 Å². The van der Waals surface area contributed by atoms with Crippen LogP contribution < -0.4 is 21.3 Å². The van der Waals surface area contributed by atoms with Crippen molar-refractivity contribution in [2.24, 2.45) is 13.0 Å². The molecule has 2 aliphatic heterocycles. The third-order valence-electron chi connectivity index (χ3n) is 5.46. The van der Waals surface area contributed by atoms with Crippen LogP contribution in [0.1, 0.15) is 24.0 Å². The van der Waals surface area contributed by atoms with E-state index >= 15 is 0 Å². The van der Waals surface area contributed by atoms with E-state index in [1.807, 2.05) is 13.2 Å². The monoisotopic (exact) mass is 418 g/mol. The molecular formula is C19H23ClN6O3. The molecule has 2 fully saturated rings. The fourth-order valence-corrected chi connectivity index (χ4v) is 3.83. The number of hydrogen-bond donors (Lipinski definition) is 4. The van der Waals surface area contributed by atoms with Gasteiger partial charge in [0.25, 0.3) is 5.91 Å². The van der Waals surface area contributed by atoms with Gasteiger partial charge in [0.05, 0.1) is 12.1 Å². The van der Waals surface area contributed by atoms with Crippen LogP contribution in [0.4, 0.5) is 10.5 Å². The number of hydrogen-bond acceptors (Lipinski definition) is 5. The van der Waals surface area contributed by atoms with E-state index in [4.69, 9.17) is 0 Å². The van der Waals surface area contributed by atoms with Crippen LogP contribution in [0.25, 0.3) is 0 Å². The number of imide groups is 1. The maximum Gasteiger partial charge on any atom is 0.322 e.